The van der Waals surface area contributed by atoms with Crippen LogP contribution in [-0.4, -0.2) is 27.4 Å². The van der Waals surface area contributed by atoms with Crippen LogP contribution in [-0.2, 0) is 6.54 Å². The topological polar surface area (TPSA) is 39.7 Å². The lowest BCUT2D eigenvalue weighted by Gasteiger charge is -2.14. The molecule has 0 aliphatic rings. The minimum absolute atomic E-state index is 0.278. The Hall–Kier alpha value is -1.33. The number of ether oxygens (including phenoxy) is 3. The summed E-state index contributed by atoms with van der Waals surface area (Å²) in [5.41, 5.74) is 1.10. The molecular formula is C17H18Cl3NO3. The van der Waals surface area contributed by atoms with Crippen LogP contribution < -0.4 is 19.5 Å². The molecule has 0 radical (unpaired) electrons. The smallest absolute Gasteiger partial charge is 0.161 e. The standard InChI is InChI=1S/C17H18Cl3NO3/c1-21-10-11-3-4-15(22-2)16(7-11)23-5-6-24-17-13(19)8-12(18)9-14(17)20/h3-4,7-9,21H,5-6,10H2,1-2H3. The summed E-state index contributed by atoms with van der Waals surface area (Å²) in [5, 5.41) is 4.28. The maximum Gasteiger partial charge on any atom is 0.161 e. The Morgan fingerprint density at radius 1 is 0.917 bits per heavy atom. The molecule has 0 aromatic heterocycles. The minimum Gasteiger partial charge on any atom is -0.493 e. The van der Waals surface area contributed by atoms with Gasteiger partial charge in [0, 0.05) is 11.6 Å². The van der Waals surface area contributed by atoms with E-state index in [0.29, 0.717) is 38.9 Å². The predicted molar refractivity (Wildman–Crippen MR) is 98.2 cm³/mol. The average Bonchev–Trinajstić information content (AvgIpc) is 2.53. The third-order valence-corrected chi connectivity index (χ3v) is 3.94. The van der Waals surface area contributed by atoms with E-state index in [-0.39, 0.29) is 6.61 Å². The van der Waals surface area contributed by atoms with Crippen LogP contribution in [0.5, 0.6) is 17.2 Å². The molecule has 0 unspecified atom stereocenters. The van der Waals surface area contributed by atoms with Crippen LogP contribution in [0.1, 0.15) is 5.56 Å². The molecule has 2 aromatic carbocycles. The van der Waals surface area contributed by atoms with Gasteiger partial charge in [-0.25, -0.2) is 0 Å². The summed E-state index contributed by atoms with van der Waals surface area (Å²) in [7, 11) is 3.49. The highest BCUT2D eigenvalue weighted by Gasteiger charge is 2.10. The van der Waals surface area contributed by atoms with Crippen molar-refractivity contribution in [1.29, 1.82) is 0 Å². The molecule has 7 heteroatoms. The predicted octanol–water partition coefficient (Wildman–Crippen LogP) is 4.83. The van der Waals surface area contributed by atoms with Gasteiger partial charge < -0.3 is 19.5 Å². The van der Waals surface area contributed by atoms with E-state index in [9.17, 15) is 0 Å². The van der Waals surface area contributed by atoms with Crippen LogP contribution in [0.2, 0.25) is 15.1 Å². The Morgan fingerprint density at radius 3 is 2.21 bits per heavy atom. The van der Waals surface area contributed by atoms with Gasteiger partial charge >= 0.3 is 0 Å². The van der Waals surface area contributed by atoms with Gasteiger partial charge in [0.1, 0.15) is 13.2 Å². The molecule has 0 fully saturated rings. The second-order valence-electron chi connectivity index (χ2n) is 4.91. The molecule has 24 heavy (non-hydrogen) atoms. The number of methoxy groups -OCH3 is 1. The van der Waals surface area contributed by atoms with Crippen molar-refractivity contribution < 1.29 is 14.2 Å². The number of halogens is 3. The third kappa shape index (κ3) is 5.08. The van der Waals surface area contributed by atoms with Gasteiger partial charge in [-0.1, -0.05) is 40.9 Å². The van der Waals surface area contributed by atoms with Crippen LogP contribution in [0.3, 0.4) is 0 Å². The molecule has 0 amide bonds. The van der Waals surface area contributed by atoms with E-state index in [1.54, 1.807) is 19.2 Å². The van der Waals surface area contributed by atoms with Gasteiger partial charge in [-0.3, -0.25) is 0 Å². The molecule has 0 aliphatic heterocycles. The molecule has 0 spiro atoms. The SMILES string of the molecule is CNCc1ccc(OC)c(OCCOc2c(Cl)cc(Cl)cc2Cl)c1. The van der Waals surface area contributed by atoms with Crippen molar-refractivity contribution in [3.63, 3.8) is 0 Å². The van der Waals surface area contributed by atoms with Gasteiger partial charge in [0.2, 0.25) is 0 Å². The largest absolute Gasteiger partial charge is 0.493 e. The van der Waals surface area contributed by atoms with Gasteiger partial charge in [-0.05, 0) is 36.9 Å². The molecule has 2 aromatic rings. The minimum atomic E-state index is 0.278. The lowest BCUT2D eigenvalue weighted by molar-refractivity contribution is 0.211. The Balaban J connectivity index is 1.96. The number of nitrogens with one attached hydrogen (secondary N) is 1. The molecule has 4 nitrogen and oxygen atoms in total. The fourth-order valence-corrected chi connectivity index (χ4v) is 3.04. The van der Waals surface area contributed by atoms with Gasteiger partial charge in [-0.15, -0.1) is 0 Å². The first-order valence-corrected chi connectivity index (χ1v) is 8.40. The van der Waals surface area contributed by atoms with Gasteiger partial charge in [-0.2, -0.15) is 0 Å². The second-order valence-corrected chi connectivity index (χ2v) is 6.16. The zero-order valence-corrected chi connectivity index (χ0v) is 15.6. The summed E-state index contributed by atoms with van der Waals surface area (Å²) in [6, 6.07) is 8.93. The highest BCUT2D eigenvalue weighted by Crippen LogP contribution is 2.35. The quantitative estimate of drug-likeness (QED) is 0.655. The van der Waals surface area contributed by atoms with Crippen molar-refractivity contribution in [1.82, 2.24) is 5.32 Å². The zero-order valence-electron chi connectivity index (χ0n) is 13.4. The Kier molecular flexibility index (Phi) is 7.31. The van der Waals surface area contributed by atoms with Crippen LogP contribution in [0.4, 0.5) is 0 Å². The maximum atomic E-state index is 6.07. The van der Waals surface area contributed by atoms with Crippen molar-refractivity contribution in [2.45, 2.75) is 6.54 Å². The Morgan fingerprint density at radius 2 is 1.58 bits per heavy atom. The van der Waals surface area contributed by atoms with Crippen LogP contribution in [0.25, 0.3) is 0 Å². The second kappa shape index (κ2) is 9.23. The number of benzene rings is 2. The molecule has 2 rings (SSSR count). The highest BCUT2D eigenvalue weighted by molar-refractivity contribution is 6.40. The fourth-order valence-electron chi connectivity index (χ4n) is 2.11. The lowest BCUT2D eigenvalue weighted by atomic mass is 10.2. The summed E-state index contributed by atoms with van der Waals surface area (Å²) in [6.45, 7) is 1.34. The molecule has 0 atom stereocenters. The summed E-state index contributed by atoms with van der Waals surface area (Å²) < 4.78 is 16.6. The third-order valence-electron chi connectivity index (χ3n) is 3.16. The first-order chi connectivity index (χ1) is 11.5. The number of rotatable bonds is 8. The summed E-state index contributed by atoms with van der Waals surface area (Å²) in [6.07, 6.45) is 0. The highest BCUT2D eigenvalue weighted by atomic mass is 35.5. The van der Waals surface area contributed by atoms with E-state index >= 15 is 0 Å². The number of hydrogen-bond acceptors (Lipinski definition) is 4. The molecule has 130 valence electrons. The van der Waals surface area contributed by atoms with E-state index in [1.165, 1.54) is 0 Å². The van der Waals surface area contributed by atoms with E-state index < -0.39 is 0 Å². The van der Waals surface area contributed by atoms with Crippen molar-refractivity contribution >= 4 is 34.8 Å². The zero-order chi connectivity index (χ0) is 17.5. The molecular weight excluding hydrogens is 373 g/mol. The van der Waals surface area contributed by atoms with Crippen LogP contribution in [0.15, 0.2) is 30.3 Å². The fraction of sp³-hybridized carbons (Fsp3) is 0.294. The van der Waals surface area contributed by atoms with Crippen LogP contribution >= 0.6 is 34.8 Å². The summed E-state index contributed by atoms with van der Waals surface area (Å²) >= 11 is 18.0. The van der Waals surface area contributed by atoms with E-state index in [4.69, 9.17) is 49.0 Å². The van der Waals surface area contributed by atoms with Gasteiger partial charge in [0.25, 0.3) is 0 Å². The van der Waals surface area contributed by atoms with E-state index in [2.05, 4.69) is 5.32 Å². The number of hydrogen-bond donors (Lipinski definition) is 1. The van der Waals surface area contributed by atoms with Gasteiger partial charge in [0.05, 0.1) is 17.2 Å². The van der Waals surface area contributed by atoms with Crippen molar-refractivity contribution in [2.75, 3.05) is 27.4 Å². The first-order valence-electron chi connectivity index (χ1n) is 7.26. The summed E-state index contributed by atoms with van der Waals surface area (Å²) in [4.78, 5) is 0. The molecule has 0 bridgehead atoms. The Bertz CT molecular complexity index is 672. The van der Waals surface area contributed by atoms with E-state index in [1.807, 2.05) is 25.2 Å². The maximum absolute atomic E-state index is 6.07. The van der Waals surface area contributed by atoms with Crippen molar-refractivity contribution in [3.8, 4) is 17.2 Å². The molecule has 0 heterocycles. The summed E-state index contributed by atoms with van der Waals surface area (Å²) in [5.74, 6) is 1.71. The van der Waals surface area contributed by atoms with Crippen molar-refractivity contribution in [2.24, 2.45) is 0 Å². The van der Waals surface area contributed by atoms with Crippen molar-refractivity contribution in [3.05, 3.63) is 51.0 Å². The normalized spacial score (nSPS) is 10.5. The molecule has 0 aliphatic carbocycles. The first kappa shape index (κ1) is 19.0. The van der Waals surface area contributed by atoms with Gasteiger partial charge in [0.15, 0.2) is 17.2 Å². The molecule has 0 saturated heterocycles. The monoisotopic (exact) mass is 389 g/mol. The van der Waals surface area contributed by atoms with E-state index in [0.717, 1.165) is 12.1 Å². The molecule has 0 saturated carbocycles. The van der Waals surface area contributed by atoms with Crippen LogP contribution in [0, 0.1) is 0 Å². The Labute approximate surface area is 156 Å². The average molecular weight is 391 g/mol. The molecule has 1 N–H and O–H groups in total. The lowest BCUT2D eigenvalue weighted by Crippen LogP contribution is -2.11.